The molecule has 1 fully saturated rings. The van der Waals surface area contributed by atoms with Gasteiger partial charge in [-0.1, -0.05) is 48.0 Å². The molecule has 3 amide bonds. The topological polar surface area (TPSA) is 113 Å². The molecule has 212 valence electrons. The molecule has 0 heterocycles. The minimum absolute atomic E-state index is 0.0785. The second kappa shape index (κ2) is 14.5. The molecule has 3 aromatic carbocycles. The molecule has 0 spiro atoms. The van der Waals surface area contributed by atoms with Crippen molar-refractivity contribution in [2.45, 2.75) is 44.1 Å². The number of nitrogens with one attached hydrogen (secondary N) is 3. The summed E-state index contributed by atoms with van der Waals surface area (Å²) < 4.78 is 38.4. The molecule has 40 heavy (non-hydrogen) atoms. The molecule has 0 bridgehead atoms. The molecule has 7 nitrogen and oxygen atoms in total. The lowest BCUT2D eigenvalue weighted by molar-refractivity contribution is -0.137. The molecule has 1 saturated carbocycles. The molecular formula is C29H30ClF3N4O3. The van der Waals surface area contributed by atoms with Gasteiger partial charge in [0, 0.05) is 34.8 Å². The number of benzene rings is 3. The number of hydrogen-bond acceptors (Lipinski definition) is 4. The first-order valence-electron chi connectivity index (χ1n) is 12.6. The summed E-state index contributed by atoms with van der Waals surface area (Å²) in [6.07, 6.45) is -1.86. The zero-order valence-corrected chi connectivity index (χ0v) is 22.3. The quantitative estimate of drug-likeness (QED) is 0.312. The highest BCUT2D eigenvalue weighted by Crippen LogP contribution is 2.29. The van der Waals surface area contributed by atoms with Crippen molar-refractivity contribution in [1.82, 2.24) is 16.0 Å². The van der Waals surface area contributed by atoms with Crippen molar-refractivity contribution in [2.75, 3.05) is 6.54 Å². The number of primary amides is 1. The van der Waals surface area contributed by atoms with Gasteiger partial charge in [-0.15, -0.1) is 0 Å². The maximum atomic E-state index is 12.8. The molecule has 0 saturated heterocycles. The van der Waals surface area contributed by atoms with Crippen LogP contribution in [0.5, 0.6) is 0 Å². The van der Waals surface area contributed by atoms with Crippen molar-refractivity contribution < 1.29 is 27.6 Å². The number of nitrogens with two attached hydrogens (primary N) is 1. The Morgan fingerprint density at radius 2 is 1.52 bits per heavy atom. The van der Waals surface area contributed by atoms with Gasteiger partial charge in [-0.05, 0) is 67.3 Å². The molecule has 0 unspecified atom stereocenters. The van der Waals surface area contributed by atoms with Crippen LogP contribution in [0.3, 0.4) is 0 Å². The second-order valence-corrected chi connectivity index (χ2v) is 9.65. The highest BCUT2D eigenvalue weighted by atomic mass is 35.5. The molecule has 0 aliphatic heterocycles. The zero-order chi connectivity index (χ0) is 29.1. The van der Waals surface area contributed by atoms with Crippen LogP contribution >= 0.6 is 11.6 Å². The molecule has 1 aliphatic rings. The van der Waals surface area contributed by atoms with Crippen LogP contribution in [0.4, 0.5) is 13.2 Å². The Bertz CT molecular complexity index is 1290. The van der Waals surface area contributed by atoms with Gasteiger partial charge in [0.25, 0.3) is 5.91 Å². The summed E-state index contributed by atoms with van der Waals surface area (Å²) in [5.41, 5.74) is 5.55. The fourth-order valence-corrected chi connectivity index (χ4v) is 4.31. The van der Waals surface area contributed by atoms with E-state index >= 15 is 0 Å². The number of hydrogen-bond donors (Lipinski definition) is 4. The Kier molecular flexibility index (Phi) is 11.1. The predicted molar refractivity (Wildman–Crippen MR) is 147 cm³/mol. The van der Waals surface area contributed by atoms with Gasteiger partial charge < -0.3 is 21.7 Å². The lowest BCUT2D eigenvalue weighted by Crippen LogP contribution is -2.49. The Morgan fingerprint density at radius 3 is 2.15 bits per heavy atom. The largest absolute Gasteiger partial charge is 0.416 e. The van der Waals surface area contributed by atoms with Crippen molar-refractivity contribution in [1.29, 1.82) is 0 Å². The monoisotopic (exact) mass is 574 g/mol. The average molecular weight is 575 g/mol. The second-order valence-electron chi connectivity index (χ2n) is 9.21. The zero-order valence-electron chi connectivity index (χ0n) is 21.5. The fraction of sp³-hybridized carbons (Fsp3) is 0.276. The first-order valence-corrected chi connectivity index (χ1v) is 13.0. The van der Waals surface area contributed by atoms with Gasteiger partial charge in [0.2, 0.25) is 11.8 Å². The first-order chi connectivity index (χ1) is 19.0. The predicted octanol–water partition coefficient (Wildman–Crippen LogP) is 4.70. The van der Waals surface area contributed by atoms with Crippen molar-refractivity contribution in [3.05, 3.63) is 106 Å². The SMILES string of the molecule is NC(=O)c1ccccc1.O=C(CNC(=O)c1cccc(C(F)(F)F)c1)N[C@H]1CCC[C@H]1NCc1ccc(Cl)cc1. The smallest absolute Gasteiger partial charge is 0.366 e. The first kappa shape index (κ1) is 30.6. The van der Waals surface area contributed by atoms with E-state index in [1.807, 2.05) is 30.3 Å². The van der Waals surface area contributed by atoms with Crippen LogP contribution in [0, 0.1) is 0 Å². The summed E-state index contributed by atoms with van der Waals surface area (Å²) in [7, 11) is 0. The van der Waals surface area contributed by atoms with Crippen molar-refractivity contribution >= 4 is 29.3 Å². The number of amides is 3. The Balaban J connectivity index is 0.000000415. The van der Waals surface area contributed by atoms with E-state index in [1.165, 1.54) is 6.07 Å². The fourth-order valence-electron chi connectivity index (χ4n) is 4.19. The van der Waals surface area contributed by atoms with Crippen molar-refractivity contribution in [3.8, 4) is 0 Å². The van der Waals surface area contributed by atoms with E-state index in [2.05, 4.69) is 16.0 Å². The van der Waals surface area contributed by atoms with E-state index in [9.17, 15) is 27.6 Å². The van der Waals surface area contributed by atoms with Gasteiger partial charge in [-0.2, -0.15) is 13.2 Å². The third-order valence-corrected chi connectivity index (χ3v) is 6.52. The molecule has 4 rings (SSSR count). The lowest BCUT2D eigenvalue weighted by atomic mass is 10.1. The summed E-state index contributed by atoms with van der Waals surface area (Å²) in [6, 6.07) is 20.4. The van der Waals surface area contributed by atoms with E-state index in [0.29, 0.717) is 17.1 Å². The molecule has 2 atom stereocenters. The van der Waals surface area contributed by atoms with Crippen LogP contribution in [0.2, 0.25) is 5.02 Å². The van der Waals surface area contributed by atoms with Crippen LogP contribution in [-0.2, 0) is 17.5 Å². The highest BCUT2D eigenvalue weighted by molar-refractivity contribution is 6.30. The summed E-state index contributed by atoms with van der Waals surface area (Å²) in [5, 5.41) is 9.38. The highest BCUT2D eigenvalue weighted by Gasteiger charge is 2.31. The third-order valence-electron chi connectivity index (χ3n) is 6.26. The molecule has 0 aromatic heterocycles. The maximum Gasteiger partial charge on any atom is 0.416 e. The summed E-state index contributed by atoms with van der Waals surface area (Å²) in [5.74, 6) is -1.49. The molecule has 0 radical (unpaired) electrons. The number of rotatable bonds is 8. The van der Waals surface area contributed by atoms with Crippen LogP contribution < -0.4 is 21.7 Å². The Morgan fingerprint density at radius 1 is 0.875 bits per heavy atom. The van der Waals surface area contributed by atoms with E-state index in [0.717, 1.165) is 43.0 Å². The lowest BCUT2D eigenvalue weighted by Gasteiger charge is -2.22. The van der Waals surface area contributed by atoms with Gasteiger partial charge in [-0.3, -0.25) is 14.4 Å². The van der Waals surface area contributed by atoms with Gasteiger partial charge in [0.1, 0.15) is 0 Å². The van der Waals surface area contributed by atoms with E-state index < -0.39 is 17.6 Å². The minimum atomic E-state index is -4.54. The van der Waals surface area contributed by atoms with Crippen LogP contribution in [0.1, 0.15) is 51.1 Å². The molecule has 11 heteroatoms. The van der Waals surface area contributed by atoms with Crippen molar-refractivity contribution in [2.24, 2.45) is 5.73 Å². The minimum Gasteiger partial charge on any atom is -0.366 e. The van der Waals surface area contributed by atoms with Gasteiger partial charge in [0.15, 0.2) is 0 Å². The third kappa shape index (κ3) is 9.69. The average Bonchev–Trinajstić information content (AvgIpc) is 3.38. The van der Waals surface area contributed by atoms with Crippen LogP contribution in [0.25, 0.3) is 0 Å². The van der Waals surface area contributed by atoms with Crippen molar-refractivity contribution in [3.63, 3.8) is 0 Å². The molecular weight excluding hydrogens is 545 g/mol. The number of halogens is 4. The van der Waals surface area contributed by atoms with Crippen LogP contribution in [0.15, 0.2) is 78.9 Å². The summed E-state index contributed by atoms with van der Waals surface area (Å²) in [6.45, 7) is 0.329. The van der Waals surface area contributed by atoms with Gasteiger partial charge >= 0.3 is 6.18 Å². The summed E-state index contributed by atoms with van der Waals surface area (Å²) in [4.78, 5) is 34.8. The molecule has 5 N–H and O–H groups in total. The molecule has 1 aliphatic carbocycles. The van der Waals surface area contributed by atoms with E-state index in [1.54, 1.807) is 24.3 Å². The standard InChI is InChI=1S/C22H23ClF3N3O2.C7H7NO/c23-17-9-7-14(8-10-17)12-27-18-5-2-6-19(18)29-20(30)13-28-21(31)15-3-1-4-16(11-15)22(24,25)26;8-7(9)6-4-2-1-3-5-6/h1,3-4,7-11,18-19,27H,2,5-6,12-13H2,(H,28,31)(H,29,30);1-5H,(H2,8,9)/t18-,19+;/m1./s1. The Hall–Kier alpha value is -3.89. The maximum absolute atomic E-state index is 12.8. The molecule has 3 aromatic rings. The normalized spacial score (nSPS) is 16.4. The number of carbonyl (C=O) groups is 3. The van der Waals surface area contributed by atoms with E-state index in [4.69, 9.17) is 17.3 Å². The van der Waals surface area contributed by atoms with E-state index in [-0.39, 0.29) is 36.0 Å². The summed E-state index contributed by atoms with van der Waals surface area (Å²) >= 11 is 5.89. The Labute approximate surface area is 235 Å². The number of alkyl halides is 3. The van der Waals surface area contributed by atoms with Gasteiger partial charge in [0.05, 0.1) is 12.1 Å². The number of carbonyl (C=O) groups excluding carboxylic acids is 3. The van der Waals surface area contributed by atoms with Crippen LogP contribution in [-0.4, -0.2) is 36.3 Å². The van der Waals surface area contributed by atoms with Gasteiger partial charge in [-0.25, -0.2) is 0 Å².